The van der Waals surface area contributed by atoms with E-state index in [2.05, 4.69) is 34.3 Å². The molecule has 0 amide bonds. The third-order valence-electron chi connectivity index (χ3n) is 2.73. The summed E-state index contributed by atoms with van der Waals surface area (Å²) in [6, 6.07) is 7.83. The number of nitrogens with one attached hydrogen (secondary N) is 1. The van der Waals surface area contributed by atoms with E-state index < -0.39 is 0 Å². The van der Waals surface area contributed by atoms with Crippen molar-refractivity contribution in [3.05, 3.63) is 24.3 Å². The van der Waals surface area contributed by atoms with Crippen molar-refractivity contribution in [2.45, 2.75) is 19.9 Å². The maximum Gasteiger partial charge on any atom is 0.243 e. The predicted octanol–water partition coefficient (Wildman–Crippen LogP) is 1.42. The first kappa shape index (κ1) is 11.7. The molecule has 0 aliphatic carbocycles. The van der Waals surface area contributed by atoms with Crippen LogP contribution in [0.1, 0.15) is 13.8 Å². The molecule has 0 aliphatic rings. The van der Waals surface area contributed by atoms with Crippen LogP contribution >= 0.6 is 0 Å². The van der Waals surface area contributed by atoms with Crippen LogP contribution in [0.15, 0.2) is 24.3 Å². The Morgan fingerprint density at radius 3 is 2.53 bits per heavy atom. The number of nitrogens with two attached hydrogens (primary N) is 1. The van der Waals surface area contributed by atoms with Crippen LogP contribution < -0.4 is 11.1 Å². The van der Waals surface area contributed by atoms with Gasteiger partial charge in [0.1, 0.15) is 5.52 Å². The van der Waals surface area contributed by atoms with Crippen LogP contribution in [0.5, 0.6) is 0 Å². The molecule has 0 spiro atoms. The van der Waals surface area contributed by atoms with Crippen LogP contribution in [0.3, 0.4) is 0 Å². The highest BCUT2D eigenvalue weighted by Crippen LogP contribution is 2.11. The molecule has 2 aromatic rings. The number of rotatable bonds is 4. The number of aromatic nitrogens is 3. The predicted molar refractivity (Wildman–Crippen MR) is 68.6 cm³/mol. The number of fused-ring (bicyclic) bond motifs is 1. The molecule has 0 bridgehead atoms. The summed E-state index contributed by atoms with van der Waals surface area (Å²) in [7, 11) is 0. The summed E-state index contributed by atoms with van der Waals surface area (Å²) in [5, 5.41) is 11.4. The van der Waals surface area contributed by atoms with E-state index in [0.717, 1.165) is 11.0 Å². The van der Waals surface area contributed by atoms with E-state index in [-0.39, 0.29) is 6.04 Å². The largest absolute Gasteiger partial charge is 0.349 e. The second-order valence-corrected chi connectivity index (χ2v) is 4.35. The lowest BCUT2D eigenvalue weighted by Crippen LogP contribution is -2.34. The van der Waals surface area contributed by atoms with Crippen molar-refractivity contribution in [3.63, 3.8) is 0 Å². The zero-order valence-corrected chi connectivity index (χ0v) is 10.1. The Balaban J connectivity index is 2.24. The molecular formula is C12H17N5. The van der Waals surface area contributed by atoms with E-state index in [1.807, 2.05) is 24.3 Å². The van der Waals surface area contributed by atoms with Crippen molar-refractivity contribution in [3.8, 4) is 0 Å². The monoisotopic (exact) mass is 231 g/mol. The summed E-state index contributed by atoms with van der Waals surface area (Å²) >= 11 is 0. The van der Waals surface area contributed by atoms with Crippen molar-refractivity contribution in [1.82, 2.24) is 15.2 Å². The van der Waals surface area contributed by atoms with E-state index in [1.165, 1.54) is 0 Å². The number of nitrogens with zero attached hydrogens (tertiary/aromatic N) is 3. The molecule has 17 heavy (non-hydrogen) atoms. The highest BCUT2D eigenvalue weighted by molar-refractivity contribution is 5.74. The minimum Gasteiger partial charge on any atom is -0.349 e. The summed E-state index contributed by atoms with van der Waals surface area (Å²) in [4.78, 5) is 4.41. The maximum absolute atomic E-state index is 5.70. The zero-order chi connectivity index (χ0) is 12.3. The van der Waals surface area contributed by atoms with Crippen LogP contribution in [0.2, 0.25) is 0 Å². The van der Waals surface area contributed by atoms with Gasteiger partial charge in [-0.2, -0.15) is 0 Å². The number of hydrogen-bond acceptors (Lipinski definition) is 5. The van der Waals surface area contributed by atoms with E-state index in [4.69, 9.17) is 5.73 Å². The van der Waals surface area contributed by atoms with Gasteiger partial charge in [0, 0.05) is 12.6 Å². The van der Waals surface area contributed by atoms with Crippen LogP contribution in [0.4, 0.5) is 5.95 Å². The van der Waals surface area contributed by atoms with E-state index in [0.29, 0.717) is 18.4 Å². The maximum atomic E-state index is 5.70. The van der Waals surface area contributed by atoms with Gasteiger partial charge in [0.2, 0.25) is 5.95 Å². The lowest BCUT2D eigenvalue weighted by molar-refractivity contribution is 0.527. The number of anilines is 1. The molecule has 1 atom stereocenters. The van der Waals surface area contributed by atoms with Crippen LogP contribution in [-0.4, -0.2) is 27.8 Å². The summed E-state index contributed by atoms with van der Waals surface area (Å²) < 4.78 is 0. The number of hydrogen-bond donors (Lipinski definition) is 2. The van der Waals surface area contributed by atoms with Crippen LogP contribution in [-0.2, 0) is 0 Å². The minimum absolute atomic E-state index is 0.165. The molecule has 90 valence electrons. The van der Waals surface area contributed by atoms with Crippen molar-refractivity contribution in [1.29, 1.82) is 0 Å². The van der Waals surface area contributed by atoms with Gasteiger partial charge in [-0.1, -0.05) is 26.0 Å². The molecule has 0 radical (unpaired) electrons. The SMILES string of the molecule is CC(C)C(CN)Nc1nnc2ccccc2n1. The smallest absolute Gasteiger partial charge is 0.243 e. The average molecular weight is 231 g/mol. The fourth-order valence-corrected chi connectivity index (χ4v) is 1.61. The Morgan fingerprint density at radius 1 is 1.18 bits per heavy atom. The molecule has 0 saturated carbocycles. The van der Waals surface area contributed by atoms with Gasteiger partial charge in [-0.3, -0.25) is 0 Å². The number of benzene rings is 1. The molecule has 5 nitrogen and oxygen atoms in total. The van der Waals surface area contributed by atoms with Gasteiger partial charge in [0.05, 0.1) is 5.52 Å². The normalized spacial score (nSPS) is 12.9. The summed E-state index contributed by atoms with van der Waals surface area (Å²) in [5.41, 5.74) is 7.33. The molecule has 3 N–H and O–H groups in total. The first-order valence-electron chi connectivity index (χ1n) is 5.76. The molecule has 1 heterocycles. The highest BCUT2D eigenvalue weighted by Gasteiger charge is 2.12. The fourth-order valence-electron chi connectivity index (χ4n) is 1.61. The van der Waals surface area contributed by atoms with Crippen molar-refractivity contribution in [2.24, 2.45) is 11.7 Å². The summed E-state index contributed by atoms with van der Waals surface area (Å²) in [5.74, 6) is 0.961. The van der Waals surface area contributed by atoms with Gasteiger partial charge < -0.3 is 11.1 Å². The van der Waals surface area contributed by atoms with Crippen molar-refractivity contribution in [2.75, 3.05) is 11.9 Å². The molecule has 1 aromatic carbocycles. The third kappa shape index (κ3) is 2.68. The molecule has 1 unspecified atom stereocenters. The lowest BCUT2D eigenvalue weighted by atomic mass is 10.1. The van der Waals surface area contributed by atoms with Gasteiger partial charge in [0.25, 0.3) is 0 Å². The Kier molecular flexibility index (Phi) is 3.49. The van der Waals surface area contributed by atoms with Gasteiger partial charge in [0.15, 0.2) is 0 Å². The first-order chi connectivity index (χ1) is 8.20. The Bertz CT molecular complexity index is 497. The van der Waals surface area contributed by atoms with Gasteiger partial charge in [-0.05, 0) is 18.1 Å². The Morgan fingerprint density at radius 2 is 1.88 bits per heavy atom. The lowest BCUT2D eigenvalue weighted by Gasteiger charge is -2.19. The molecule has 0 aliphatic heterocycles. The van der Waals surface area contributed by atoms with E-state index >= 15 is 0 Å². The van der Waals surface area contributed by atoms with Crippen molar-refractivity contribution >= 4 is 17.0 Å². The second-order valence-electron chi connectivity index (χ2n) is 4.35. The fraction of sp³-hybridized carbons (Fsp3) is 0.417. The Hall–Kier alpha value is -1.75. The van der Waals surface area contributed by atoms with Crippen LogP contribution in [0.25, 0.3) is 11.0 Å². The van der Waals surface area contributed by atoms with Crippen LogP contribution in [0, 0.1) is 5.92 Å². The first-order valence-corrected chi connectivity index (χ1v) is 5.76. The summed E-state index contributed by atoms with van der Waals surface area (Å²) in [6.07, 6.45) is 0. The highest BCUT2D eigenvalue weighted by atomic mass is 15.2. The molecular weight excluding hydrogens is 214 g/mol. The van der Waals surface area contributed by atoms with Gasteiger partial charge in [-0.25, -0.2) is 4.98 Å². The molecule has 5 heteroatoms. The molecule has 0 saturated heterocycles. The average Bonchev–Trinajstić information content (AvgIpc) is 2.35. The summed E-state index contributed by atoms with van der Waals surface area (Å²) in [6.45, 7) is 4.77. The molecule has 1 aromatic heterocycles. The Labute approximate surface area is 100 Å². The topological polar surface area (TPSA) is 76.7 Å². The molecule has 0 fully saturated rings. The third-order valence-corrected chi connectivity index (χ3v) is 2.73. The quantitative estimate of drug-likeness (QED) is 0.832. The van der Waals surface area contributed by atoms with E-state index in [1.54, 1.807) is 0 Å². The van der Waals surface area contributed by atoms with E-state index in [9.17, 15) is 0 Å². The number of para-hydroxylation sites is 1. The zero-order valence-electron chi connectivity index (χ0n) is 10.1. The van der Waals surface area contributed by atoms with Gasteiger partial charge >= 0.3 is 0 Å². The van der Waals surface area contributed by atoms with Crippen molar-refractivity contribution < 1.29 is 0 Å². The minimum atomic E-state index is 0.165. The second kappa shape index (κ2) is 5.05. The van der Waals surface area contributed by atoms with Gasteiger partial charge in [-0.15, -0.1) is 10.2 Å². The molecule has 2 rings (SSSR count). The standard InChI is InChI=1S/C12H17N5/c1-8(2)11(7-13)15-12-14-9-5-3-4-6-10(9)16-17-12/h3-6,8,11H,7,13H2,1-2H3,(H,14,15,17).